The zero-order valence-corrected chi connectivity index (χ0v) is 15.2. The van der Waals surface area contributed by atoms with E-state index in [2.05, 4.69) is 10.2 Å². The number of benzene rings is 1. The lowest BCUT2D eigenvalue weighted by Crippen LogP contribution is -2.55. The molecule has 0 radical (unpaired) electrons. The summed E-state index contributed by atoms with van der Waals surface area (Å²) in [6, 6.07) is 9.28. The van der Waals surface area contributed by atoms with Gasteiger partial charge in [0.15, 0.2) is 24.1 Å². The second kappa shape index (κ2) is 6.48. The molecule has 0 bridgehead atoms. The monoisotopic (exact) mass is 402 g/mol. The molecule has 1 aromatic carbocycles. The highest BCUT2D eigenvalue weighted by atomic mass is 32.2. The van der Waals surface area contributed by atoms with E-state index in [1.807, 2.05) is 0 Å². The maximum Gasteiger partial charge on any atom is 0.340 e. The van der Waals surface area contributed by atoms with E-state index in [1.54, 1.807) is 18.2 Å². The van der Waals surface area contributed by atoms with Crippen molar-refractivity contribution >= 4 is 18.2 Å². The third-order valence-electron chi connectivity index (χ3n) is 5.05. The van der Waals surface area contributed by atoms with Crippen molar-refractivity contribution in [2.75, 3.05) is 13.2 Å². The van der Waals surface area contributed by atoms with Gasteiger partial charge in [0.25, 0.3) is 11.5 Å². The molecule has 0 saturated carbocycles. The second-order valence-electron chi connectivity index (χ2n) is 6.64. The van der Waals surface area contributed by atoms with Crippen LogP contribution in [0.15, 0.2) is 62.4 Å². The Bertz CT molecular complexity index is 1080. The Labute approximate surface area is 162 Å². The fraction of sp³-hybridized carbons (Fsp3) is 0.353. The van der Waals surface area contributed by atoms with E-state index in [9.17, 15) is 14.4 Å². The molecule has 2 fully saturated rings. The predicted octanol–water partition coefficient (Wildman–Crippen LogP) is 0.779. The number of carbonyl (C=O) groups is 1. The smallest absolute Gasteiger partial charge is 0.340 e. The third kappa shape index (κ3) is 2.44. The Morgan fingerprint density at radius 3 is 2.71 bits per heavy atom. The van der Waals surface area contributed by atoms with Crippen LogP contribution in [0.5, 0.6) is 0 Å². The lowest BCUT2D eigenvalue weighted by Gasteiger charge is -2.37. The summed E-state index contributed by atoms with van der Waals surface area (Å²) in [7, 11) is 0. The standard InChI is InChI=1S/C17H14N4O6S/c22-12-6-7-20(16(24)21(12)14(23)10-4-2-1-3-5-10)15-17(9-18-19-17)13-11(26-15)8-25-28-27-13/h1-7,11,13,15H,8-9H2/t11-,13-,15-,17?/m1/s1. The van der Waals surface area contributed by atoms with E-state index >= 15 is 0 Å². The number of fused-ring (bicyclic) bond motifs is 2. The molecule has 0 amide bonds. The van der Waals surface area contributed by atoms with Gasteiger partial charge in [-0.05, 0) is 12.1 Å². The van der Waals surface area contributed by atoms with Gasteiger partial charge in [0.1, 0.15) is 12.2 Å². The number of rotatable bonds is 2. The highest BCUT2D eigenvalue weighted by molar-refractivity contribution is 7.89. The summed E-state index contributed by atoms with van der Waals surface area (Å²) < 4.78 is 18.6. The fourth-order valence-corrected chi connectivity index (χ4v) is 4.26. The van der Waals surface area contributed by atoms with Gasteiger partial charge in [0.2, 0.25) is 0 Å². The fourth-order valence-electron chi connectivity index (χ4n) is 3.64. The van der Waals surface area contributed by atoms with Crippen LogP contribution in [0.25, 0.3) is 0 Å². The van der Waals surface area contributed by atoms with Gasteiger partial charge in [0.05, 0.1) is 13.2 Å². The first-order valence-electron chi connectivity index (χ1n) is 8.55. The molecular formula is C17H14N4O6S. The van der Waals surface area contributed by atoms with Crippen molar-refractivity contribution in [1.82, 2.24) is 9.13 Å². The summed E-state index contributed by atoms with van der Waals surface area (Å²) in [5.41, 5.74) is -2.19. The van der Waals surface area contributed by atoms with Crippen molar-refractivity contribution in [3.05, 3.63) is 69.0 Å². The van der Waals surface area contributed by atoms with Crippen LogP contribution in [0.1, 0.15) is 16.6 Å². The van der Waals surface area contributed by atoms with Crippen molar-refractivity contribution in [1.29, 1.82) is 0 Å². The number of aromatic nitrogens is 2. The van der Waals surface area contributed by atoms with Gasteiger partial charge in [-0.1, -0.05) is 18.2 Å². The van der Waals surface area contributed by atoms with Gasteiger partial charge in [0, 0.05) is 17.8 Å². The summed E-state index contributed by atoms with van der Waals surface area (Å²) in [6.45, 7) is 0.567. The van der Waals surface area contributed by atoms with Gasteiger partial charge in [-0.3, -0.25) is 22.5 Å². The van der Waals surface area contributed by atoms with E-state index in [-0.39, 0.29) is 12.2 Å². The number of hydrogen-bond acceptors (Lipinski definition) is 9. The summed E-state index contributed by atoms with van der Waals surface area (Å²) >= 11 is 0.854. The topological polar surface area (TPSA) is 113 Å². The molecule has 28 heavy (non-hydrogen) atoms. The first kappa shape index (κ1) is 17.5. The first-order valence-corrected chi connectivity index (χ1v) is 9.21. The number of nitrogens with zero attached hydrogens (tertiary/aromatic N) is 4. The lowest BCUT2D eigenvalue weighted by atomic mass is 9.89. The van der Waals surface area contributed by atoms with E-state index in [1.165, 1.54) is 22.9 Å². The predicted molar refractivity (Wildman–Crippen MR) is 95.9 cm³/mol. The summed E-state index contributed by atoms with van der Waals surface area (Å²) in [5, 5.41) is 8.15. The molecule has 0 aliphatic carbocycles. The van der Waals surface area contributed by atoms with Crippen LogP contribution in [0.3, 0.4) is 0 Å². The van der Waals surface area contributed by atoms with Gasteiger partial charge in [-0.2, -0.15) is 14.8 Å². The van der Waals surface area contributed by atoms with Crippen LogP contribution in [0, 0.1) is 0 Å². The molecule has 4 atom stereocenters. The molecule has 144 valence electrons. The molecule has 1 aromatic heterocycles. The minimum atomic E-state index is -0.900. The maximum absolute atomic E-state index is 13.1. The molecule has 2 saturated heterocycles. The molecule has 3 aliphatic heterocycles. The molecule has 1 spiro atoms. The zero-order chi connectivity index (χ0) is 19.3. The van der Waals surface area contributed by atoms with Crippen LogP contribution in [-0.4, -0.2) is 45.9 Å². The van der Waals surface area contributed by atoms with Gasteiger partial charge in [-0.15, -0.1) is 0 Å². The highest BCUT2D eigenvalue weighted by Gasteiger charge is 2.64. The van der Waals surface area contributed by atoms with E-state index in [0.29, 0.717) is 11.1 Å². The lowest BCUT2D eigenvalue weighted by molar-refractivity contribution is -0.0503. The van der Waals surface area contributed by atoms with Crippen LogP contribution >= 0.6 is 12.3 Å². The third-order valence-corrected chi connectivity index (χ3v) is 5.57. The first-order chi connectivity index (χ1) is 13.6. The Morgan fingerprint density at radius 2 is 2.00 bits per heavy atom. The maximum atomic E-state index is 13.1. The number of hydrogen-bond donors (Lipinski definition) is 0. The average Bonchev–Trinajstić information content (AvgIpc) is 3.04. The number of carbonyl (C=O) groups excluding carboxylic acids is 1. The molecule has 10 nitrogen and oxygen atoms in total. The van der Waals surface area contributed by atoms with Gasteiger partial charge >= 0.3 is 5.69 Å². The minimum Gasteiger partial charge on any atom is -0.346 e. The Balaban J connectivity index is 1.60. The number of ether oxygens (including phenoxy) is 1. The van der Waals surface area contributed by atoms with E-state index in [4.69, 9.17) is 13.1 Å². The largest absolute Gasteiger partial charge is 0.346 e. The van der Waals surface area contributed by atoms with Crippen LogP contribution in [-0.2, 0) is 13.1 Å². The molecule has 1 unspecified atom stereocenters. The quantitative estimate of drug-likeness (QED) is 0.682. The molecule has 2 aromatic rings. The second-order valence-corrected chi connectivity index (χ2v) is 7.20. The SMILES string of the molecule is O=C(c1ccccc1)n1c(=O)ccn([C@@H]2O[C@@H]3COSO[C@H]3C23CN=N3)c1=O. The summed E-state index contributed by atoms with van der Waals surface area (Å²) in [6.07, 6.45) is -0.455. The molecule has 5 rings (SSSR count). The average molecular weight is 402 g/mol. The van der Waals surface area contributed by atoms with Crippen molar-refractivity contribution in [3.63, 3.8) is 0 Å². The number of azo groups is 1. The normalized spacial score (nSPS) is 30.8. The Hall–Kier alpha value is -2.60. The van der Waals surface area contributed by atoms with Gasteiger partial charge < -0.3 is 4.74 Å². The molecular weight excluding hydrogens is 388 g/mol. The Kier molecular flexibility index (Phi) is 4.05. The van der Waals surface area contributed by atoms with Crippen LogP contribution < -0.4 is 11.2 Å². The van der Waals surface area contributed by atoms with Crippen molar-refractivity contribution in [3.8, 4) is 0 Å². The molecule has 4 heterocycles. The molecule has 11 heteroatoms. The van der Waals surface area contributed by atoms with Crippen LogP contribution in [0.4, 0.5) is 0 Å². The van der Waals surface area contributed by atoms with Crippen LogP contribution in [0.2, 0.25) is 0 Å². The zero-order valence-electron chi connectivity index (χ0n) is 14.3. The van der Waals surface area contributed by atoms with Crippen molar-refractivity contribution in [2.45, 2.75) is 24.0 Å². The summed E-state index contributed by atoms with van der Waals surface area (Å²) in [5.74, 6) is -0.709. The van der Waals surface area contributed by atoms with Crippen molar-refractivity contribution in [2.24, 2.45) is 10.2 Å². The summed E-state index contributed by atoms with van der Waals surface area (Å²) in [4.78, 5) is 38.2. The van der Waals surface area contributed by atoms with Gasteiger partial charge in [-0.25, -0.2) is 4.79 Å². The molecule has 0 N–H and O–H groups in total. The van der Waals surface area contributed by atoms with E-state index < -0.39 is 41.1 Å². The molecule has 3 aliphatic rings. The minimum absolute atomic E-state index is 0.228. The highest BCUT2D eigenvalue weighted by Crippen LogP contribution is 2.49. The Morgan fingerprint density at radius 1 is 1.21 bits per heavy atom. The van der Waals surface area contributed by atoms with Crippen molar-refractivity contribution < 1.29 is 17.9 Å². The van der Waals surface area contributed by atoms with E-state index in [0.717, 1.165) is 18.4 Å².